The predicted octanol–water partition coefficient (Wildman–Crippen LogP) is 29.5. The monoisotopic (exact) mass is 1590 g/mol. The summed E-state index contributed by atoms with van der Waals surface area (Å²) in [6.07, 6.45) is 0. The Morgan fingerprint density at radius 3 is 1.13 bits per heavy atom. The zero-order valence-electron chi connectivity index (χ0n) is 83.5. The van der Waals surface area contributed by atoms with Crippen molar-refractivity contribution >= 4 is 151 Å². The van der Waals surface area contributed by atoms with Gasteiger partial charge in [-0.15, -0.1) is 22.7 Å². The van der Waals surface area contributed by atoms with E-state index >= 15 is 0 Å². The minimum atomic E-state index is -0.738. The summed E-state index contributed by atoms with van der Waals surface area (Å²) in [5.74, 6) is -0.329. The molecule has 0 unspecified atom stereocenters. The summed E-state index contributed by atoms with van der Waals surface area (Å²) >= 11 is 3.30. The molecular weight excluding hydrogens is 1510 g/mol. The van der Waals surface area contributed by atoms with Crippen LogP contribution >= 0.6 is 22.7 Å². The van der Waals surface area contributed by atoms with Crippen molar-refractivity contribution in [1.29, 1.82) is 0 Å². The van der Waals surface area contributed by atoms with Gasteiger partial charge in [0.1, 0.15) is 22.3 Å². The van der Waals surface area contributed by atoms with E-state index in [1.54, 1.807) is 69.7 Å². The maximum absolute atomic E-state index is 9.81. The van der Waals surface area contributed by atoms with Gasteiger partial charge in [-0.2, -0.15) is 19.9 Å². The van der Waals surface area contributed by atoms with Crippen molar-refractivity contribution in [2.24, 2.45) is 0 Å². The van der Waals surface area contributed by atoms with Crippen molar-refractivity contribution in [3.63, 3.8) is 0 Å². The molecule has 0 fully saturated rings. The van der Waals surface area contributed by atoms with Gasteiger partial charge in [0.15, 0.2) is 23.3 Å². The topological polar surface area (TPSA) is 113 Å². The molecule has 560 valence electrons. The van der Waals surface area contributed by atoms with Gasteiger partial charge >= 0.3 is 0 Å². The number of nitrogens with zero attached hydrogens (tertiary/aromatic N) is 8. The molecule has 25 rings (SSSR count). The maximum atomic E-state index is 9.81. The fourth-order valence-corrected chi connectivity index (χ4v) is 18.5. The van der Waals surface area contributed by atoms with Crippen LogP contribution in [0.15, 0.2) is 397 Å². The van der Waals surface area contributed by atoms with E-state index in [1.165, 1.54) is 10.1 Å². The van der Waals surface area contributed by atoms with Crippen molar-refractivity contribution in [1.82, 2.24) is 39.0 Å². The van der Waals surface area contributed by atoms with Gasteiger partial charge in [0.05, 0.1) is 50.9 Å². The highest BCUT2D eigenvalue weighted by molar-refractivity contribution is 7.26. The van der Waals surface area contributed by atoms with Gasteiger partial charge in [-0.1, -0.05) is 291 Å². The first-order chi connectivity index (χ1) is 68.2. The minimum absolute atomic E-state index is 0.0112. The Labute approximate surface area is 724 Å². The van der Waals surface area contributed by atoms with Crippen LogP contribution in [0.2, 0.25) is 0 Å². The van der Waals surface area contributed by atoms with E-state index in [2.05, 4.69) is 84.9 Å². The van der Waals surface area contributed by atoms with E-state index in [0.717, 1.165) is 85.1 Å². The molecular formula is C108H64N8O2S2. The molecule has 0 spiro atoms. The molecule has 120 heavy (non-hydrogen) atoms. The average Bonchev–Trinajstić information content (AvgIpc) is 1.58. The molecule has 0 amide bonds. The Hall–Kier alpha value is -15.6. The molecule has 12 heteroatoms. The number of para-hydroxylation sites is 2. The predicted molar refractivity (Wildman–Crippen MR) is 498 cm³/mol. The summed E-state index contributed by atoms with van der Waals surface area (Å²) in [6.45, 7) is 0. The van der Waals surface area contributed by atoms with Gasteiger partial charge in [0, 0.05) is 106 Å². The minimum Gasteiger partial charge on any atom is -0.456 e. The first kappa shape index (κ1) is 50.7. The Morgan fingerprint density at radius 1 is 0.225 bits per heavy atom. The summed E-state index contributed by atoms with van der Waals surface area (Å²) in [7, 11) is 0. The summed E-state index contributed by atoms with van der Waals surface area (Å²) in [6, 6.07) is 73.5. The molecule has 8 aromatic heterocycles. The summed E-state index contributed by atoms with van der Waals surface area (Å²) in [5, 5.41) is 7.81. The van der Waals surface area contributed by atoms with Crippen LogP contribution in [0, 0.1) is 0 Å². The van der Waals surface area contributed by atoms with Crippen LogP contribution in [0.3, 0.4) is 0 Å². The standard InChI is InChI=1S/C57H34N4OS.C51H30N4OS/c1-3-14-35(15-4-1)37-18-11-19-38(30-37)39-20-12-21-40(31-39)55-58-56(41-28-29-45-51(32-41)62-50-26-13-24-42(54(45)50)36-16-5-2-6-17-36)60-57(59-55)61-48-25-9-7-22-43(48)46-33-47-44-23-8-10-27-52(44)63-53(47)34-49(46)61;1-3-12-31(13-4-1)32-22-24-34(25-23-32)49-52-50(35-26-27-39-45(28-35)56-44-20-11-18-36(48(39)44)33-14-5-2-6-15-33)54-51(53-49)55-42-19-9-7-16-37(42)40-29-41-38-17-8-10-21-46(38)57-47(41)30-43(40)55/h1-34H;1-30H/i13D,24D,26D,28D,29D,32D;2D,5D,6D,11D,14D,15D,18D,20D,22D,23D,24D,25D,26D,27D,28D. The van der Waals surface area contributed by atoms with E-state index in [-0.39, 0.29) is 127 Å². The molecule has 0 aliphatic carbocycles. The second-order valence-corrected chi connectivity index (χ2v) is 30.9. The van der Waals surface area contributed by atoms with Crippen molar-refractivity contribution < 1.29 is 37.6 Å². The molecule has 0 saturated heterocycles. The normalized spacial score (nSPS) is 14.3. The lowest BCUT2D eigenvalue weighted by atomic mass is 9.98. The molecule has 0 N–H and O–H groups in total. The van der Waals surface area contributed by atoms with Crippen LogP contribution in [0.5, 0.6) is 0 Å². The van der Waals surface area contributed by atoms with Gasteiger partial charge in [0.2, 0.25) is 11.9 Å². The van der Waals surface area contributed by atoms with E-state index in [0.29, 0.717) is 33.3 Å². The third-order valence-corrected chi connectivity index (χ3v) is 24.0. The fraction of sp³-hybridized carbons (Fsp3) is 0. The van der Waals surface area contributed by atoms with Crippen molar-refractivity contribution in [2.45, 2.75) is 0 Å². The van der Waals surface area contributed by atoms with Gasteiger partial charge in [-0.3, -0.25) is 9.13 Å². The molecule has 0 atom stereocenters. The zero-order valence-corrected chi connectivity index (χ0v) is 64.2. The summed E-state index contributed by atoms with van der Waals surface area (Å²) in [4.78, 5) is 29.9. The largest absolute Gasteiger partial charge is 0.456 e. The number of rotatable bonds is 11. The van der Waals surface area contributed by atoms with Crippen LogP contribution < -0.4 is 0 Å². The van der Waals surface area contributed by atoms with Crippen molar-refractivity contribution in [3.05, 3.63) is 388 Å². The number of benzene rings is 17. The summed E-state index contributed by atoms with van der Waals surface area (Å²) < 4.78 is 211. The second kappa shape index (κ2) is 28.1. The molecule has 0 radical (unpaired) electrons. The first-order valence-corrected chi connectivity index (χ1v) is 40.0. The number of aromatic nitrogens is 8. The Morgan fingerprint density at radius 2 is 0.617 bits per heavy atom. The number of fused-ring (bicyclic) bond motifs is 18. The SMILES string of the molecule is [2H]c1c([2H])c(-c2ccccc2)c2c(oc3c([2H])c(-c4nc(-c5cccc(-c6cccc(-c7ccccc7)c6)c5)nc(-n5c6ccccc6c6cc7c(cc65)sc5ccccc57)n4)c([2H])c([2H])c32)c1[2H].[2H]c1c([2H])c([2H])c(-c2c([2H])c([2H])c([2H])c3oc4c([2H])c(-c5nc(-c6c([2H])c([2H])c(-c7ccccc7)c([2H])c6[2H])nc(-n6c7ccccc7c7cc8c(cc76)sc6ccccc68)n5)c([2H])c([2H])c4c23)c([2H])c1[2H]. The van der Waals surface area contributed by atoms with E-state index in [9.17, 15) is 13.7 Å². The lowest BCUT2D eigenvalue weighted by Crippen LogP contribution is -2.06. The van der Waals surface area contributed by atoms with Gasteiger partial charge in [-0.05, 0) is 153 Å². The fourth-order valence-electron chi connectivity index (χ4n) is 16.2. The van der Waals surface area contributed by atoms with Crippen LogP contribution in [0.25, 0.3) is 241 Å². The van der Waals surface area contributed by atoms with Crippen LogP contribution in [-0.4, -0.2) is 39.0 Å². The zero-order chi connectivity index (χ0) is 97.2. The maximum Gasteiger partial charge on any atom is 0.238 e. The molecule has 17 aromatic carbocycles. The van der Waals surface area contributed by atoms with E-state index in [4.69, 9.17) is 53.8 Å². The van der Waals surface area contributed by atoms with Crippen molar-refractivity contribution in [3.8, 4) is 113 Å². The van der Waals surface area contributed by atoms with Crippen molar-refractivity contribution in [2.75, 3.05) is 0 Å². The highest BCUT2D eigenvalue weighted by Crippen LogP contribution is 2.46. The van der Waals surface area contributed by atoms with E-state index < -0.39 is 112 Å². The molecule has 0 aliphatic heterocycles. The Balaban J connectivity index is 0.000000153. The number of furan rings is 2. The lowest BCUT2D eigenvalue weighted by Gasteiger charge is -2.12. The van der Waals surface area contributed by atoms with Gasteiger partial charge in [0.25, 0.3) is 0 Å². The third-order valence-electron chi connectivity index (χ3n) is 21.7. The Kier molecular flexibility index (Phi) is 11.9. The molecule has 8 heterocycles. The smallest absolute Gasteiger partial charge is 0.238 e. The molecule has 0 aliphatic rings. The second-order valence-electron chi connectivity index (χ2n) is 28.7. The molecule has 10 nitrogen and oxygen atoms in total. The van der Waals surface area contributed by atoms with Gasteiger partial charge in [-0.25, -0.2) is 9.97 Å². The van der Waals surface area contributed by atoms with Crippen LogP contribution in [-0.2, 0) is 0 Å². The highest BCUT2D eigenvalue weighted by atomic mass is 32.1. The van der Waals surface area contributed by atoms with Crippen LogP contribution in [0.1, 0.15) is 28.8 Å². The molecule has 25 aromatic rings. The van der Waals surface area contributed by atoms with Crippen LogP contribution in [0.4, 0.5) is 0 Å². The number of thiophene rings is 2. The number of hydrogen-bond donors (Lipinski definition) is 0. The highest BCUT2D eigenvalue weighted by Gasteiger charge is 2.25. The molecule has 0 saturated carbocycles. The van der Waals surface area contributed by atoms with E-state index in [1.807, 2.05) is 138 Å². The third kappa shape index (κ3) is 11.7. The lowest BCUT2D eigenvalue weighted by molar-refractivity contribution is 0.668. The molecule has 0 bridgehead atoms. The number of hydrogen-bond acceptors (Lipinski definition) is 10. The van der Waals surface area contributed by atoms with Gasteiger partial charge < -0.3 is 8.83 Å². The average molecular weight is 1590 g/mol. The first-order valence-electron chi connectivity index (χ1n) is 48.9. The quantitative estimate of drug-likeness (QED) is 0.126. The summed E-state index contributed by atoms with van der Waals surface area (Å²) in [5.41, 5.74) is 6.44. The Bertz CT molecular complexity index is 9760.